The van der Waals surface area contributed by atoms with E-state index in [2.05, 4.69) is 0 Å². The molecule has 0 aromatic carbocycles. The fourth-order valence-electron chi connectivity index (χ4n) is 0.408. The average molecular weight is 140 g/mol. The molecule has 0 amide bonds. The second kappa shape index (κ2) is 3.30. The van der Waals surface area contributed by atoms with Crippen LogP contribution >= 0.6 is 10.4 Å². The van der Waals surface area contributed by atoms with E-state index in [9.17, 15) is 3.89 Å². The molecule has 0 bridgehead atoms. The predicted octanol–water partition coefficient (Wildman–Crippen LogP) is 1.32. The maximum Gasteiger partial charge on any atom is 0.0439 e. The highest BCUT2D eigenvalue weighted by Crippen LogP contribution is 2.41. The van der Waals surface area contributed by atoms with Gasteiger partial charge in [-0.05, 0) is 18.9 Å². The number of hydrogen-bond acceptors (Lipinski definition) is 1. The van der Waals surface area contributed by atoms with Crippen molar-refractivity contribution in [1.82, 2.24) is 0 Å². The van der Waals surface area contributed by atoms with Crippen LogP contribution in [0.2, 0.25) is 0 Å². The first-order valence-corrected chi connectivity index (χ1v) is 5.09. The monoisotopic (exact) mass is 140 g/mol. The molecule has 0 unspecified atom stereocenters. The summed E-state index contributed by atoms with van der Waals surface area (Å²) in [7, 11) is -1.85. The van der Waals surface area contributed by atoms with Crippen molar-refractivity contribution >= 4 is 10.4 Å². The second-order valence-electron chi connectivity index (χ2n) is 2.18. The first-order valence-electron chi connectivity index (χ1n) is 2.58. The third-order valence-corrected chi connectivity index (χ3v) is 2.05. The quantitative estimate of drug-likeness (QED) is 0.626. The maximum atomic E-state index is 12.5. The number of aliphatic hydroxyl groups excluding tert-OH is 1. The van der Waals surface area contributed by atoms with E-state index in [0.29, 0.717) is 12.2 Å². The lowest BCUT2D eigenvalue weighted by atomic mass is 10.5. The van der Waals surface area contributed by atoms with Crippen LogP contribution in [-0.2, 0) is 0 Å². The Hall–Kier alpha value is 0.240. The van der Waals surface area contributed by atoms with Crippen LogP contribution in [0.3, 0.4) is 0 Å². The van der Waals surface area contributed by atoms with Gasteiger partial charge >= 0.3 is 0 Å². The van der Waals surface area contributed by atoms with Gasteiger partial charge in [-0.25, -0.2) is 0 Å². The molecule has 0 aliphatic carbocycles. The summed E-state index contributed by atoms with van der Waals surface area (Å²) < 4.78 is 12.5. The van der Waals surface area contributed by atoms with Gasteiger partial charge < -0.3 is 5.11 Å². The van der Waals surface area contributed by atoms with E-state index in [-0.39, 0.29) is 6.61 Å². The highest BCUT2D eigenvalue weighted by molar-refractivity contribution is 8.28. The number of aliphatic hydroxyl groups is 1. The van der Waals surface area contributed by atoms with Gasteiger partial charge in [0, 0.05) is 12.4 Å². The summed E-state index contributed by atoms with van der Waals surface area (Å²) in [5.74, 6) is 0.531. The van der Waals surface area contributed by atoms with Gasteiger partial charge in [-0.3, -0.25) is 0 Å². The van der Waals surface area contributed by atoms with Crippen molar-refractivity contribution in [2.75, 3.05) is 24.9 Å². The SMILES string of the molecule is CS(C)(F)CCCO. The van der Waals surface area contributed by atoms with Gasteiger partial charge in [0.1, 0.15) is 0 Å². The van der Waals surface area contributed by atoms with Crippen molar-refractivity contribution in [3.63, 3.8) is 0 Å². The van der Waals surface area contributed by atoms with E-state index in [0.717, 1.165) is 0 Å². The van der Waals surface area contributed by atoms with Crippen LogP contribution in [0.4, 0.5) is 3.89 Å². The van der Waals surface area contributed by atoms with Crippen LogP contribution in [-0.4, -0.2) is 30.0 Å². The molecule has 0 radical (unpaired) electrons. The van der Waals surface area contributed by atoms with Crippen LogP contribution in [0.5, 0.6) is 0 Å². The fraction of sp³-hybridized carbons (Fsp3) is 1.00. The van der Waals surface area contributed by atoms with Crippen LogP contribution < -0.4 is 0 Å². The zero-order valence-corrected chi connectivity index (χ0v) is 6.17. The highest BCUT2D eigenvalue weighted by Gasteiger charge is 2.06. The van der Waals surface area contributed by atoms with E-state index in [1.165, 1.54) is 0 Å². The van der Waals surface area contributed by atoms with Gasteiger partial charge in [-0.15, -0.1) is 0 Å². The summed E-state index contributed by atoms with van der Waals surface area (Å²) in [6.07, 6.45) is 3.80. The number of hydrogen-bond donors (Lipinski definition) is 1. The topological polar surface area (TPSA) is 20.2 Å². The molecule has 0 atom stereocenters. The third kappa shape index (κ3) is 6.24. The molecule has 0 saturated carbocycles. The standard InChI is InChI=1S/C5H13FOS/c1-8(2,6)5-3-4-7/h7H,3-5H2,1-2H3. The van der Waals surface area contributed by atoms with Gasteiger partial charge in [0.2, 0.25) is 0 Å². The first kappa shape index (κ1) is 8.24. The van der Waals surface area contributed by atoms with Crippen molar-refractivity contribution in [1.29, 1.82) is 0 Å². The number of rotatable bonds is 3. The Balaban J connectivity index is 3.11. The second-order valence-corrected chi connectivity index (χ2v) is 5.40. The molecule has 8 heavy (non-hydrogen) atoms. The summed E-state index contributed by atoms with van der Waals surface area (Å²) in [5, 5.41) is 8.28. The van der Waals surface area contributed by atoms with E-state index in [1.54, 1.807) is 12.5 Å². The van der Waals surface area contributed by atoms with Crippen molar-refractivity contribution in [3.05, 3.63) is 0 Å². The fourth-order valence-corrected chi connectivity index (χ4v) is 1.22. The van der Waals surface area contributed by atoms with E-state index in [4.69, 9.17) is 5.11 Å². The molecule has 3 heteroatoms. The zero-order chi connectivity index (χ0) is 6.62. The number of halogens is 1. The normalized spacial score (nSPS) is 14.0. The molecule has 0 aromatic heterocycles. The molecule has 0 rings (SSSR count). The molecule has 1 N–H and O–H groups in total. The Kier molecular flexibility index (Phi) is 3.40. The Morgan fingerprint density at radius 3 is 2.12 bits per heavy atom. The lowest BCUT2D eigenvalue weighted by Crippen LogP contribution is -1.96. The van der Waals surface area contributed by atoms with Crippen LogP contribution in [0.15, 0.2) is 0 Å². The Morgan fingerprint density at radius 2 is 2.00 bits per heavy atom. The highest BCUT2D eigenvalue weighted by atomic mass is 32.3. The summed E-state index contributed by atoms with van der Waals surface area (Å²) in [6.45, 7) is 0.111. The summed E-state index contributed by atoms with van der Waals surface area (Å²) >= 11 is 0. The molecule has 0 aromatic rings. The minimum absolute atomic E-state index is 0.111. The molecule has 0 spiro atoms. The van der Waals surface area contributed by atoms with Gasteiger partial charge in [0.05, 0.1) is 0 Å². The third-order valence-electron chi connectivity index (χ3n) is 0.788. The van der Waals surface area contributed by atoms with Crippen LogP contribution in [0.25, 0.3) is 0 Å². The Labute approximate surface area is 51.5 Å². The van der Waals surface area contributed by atoms with Crippen molar-refractivity contribution in [2.24, 2.45) is 0 Å². The van der Waals surface area contributed by atoms with Crippen molar-refractivity contribution in [3.8, 4) is 0 Å². The Bertz CT molecular complexity index is 59.9. The Morgan fingerprint density at radius 1 is 1.50 bits per heavy atom. The minimum Gasteiger partial charge on any atom is -0.396 e. The predicted molar refractivity (Wildman–Crippen MR) is 37.1 cm³/mol. The van der Waals surface area contributed by atoms with Gasteiger partial charge in [-0.1, -0.05) is 10.4 Å². The van der Waals surface area contributed by atoms with E-state index < -0.39 is 10.4 Å². The molecule has 0 fully saturated rings. The molecular formula is C5H13FOS. The summed E-state index contributed by atoms with van der Waals surface area (Å²) in [4.78, 5) is 0. The molecule has 52 valence electrons. The molecule has 0 heterocycles. The lowest BCUT2D eigenvalue weighted by Gasteiger charge is -2.17. The summed E-state index contributed by atoms with van der Waals surface area (Å²) in [6, 6.07) is 0. The van der Waals surface area contributed by atoms with Crippen molar-refractivity contribution < 1.29 is 8.99 Å². The van der Waals surface area contributed by atoms with E-state index in [1.807, 2.05) is 0 Å². The van der Waals surface area contributed by atoms with Crippen LogP contribution in [0, 0.1) is 0 Å². The van der Waals surface area contributed by atoms with Gasteiger partial charge in [0.25, 0.3) is 0 Å². The minimum atomic E-state index is -1.85. The lowest BCUT2D eigenvalue weighted by molar-refractivity contribution is 0.296. The van der Waals surface area contributed by atoms with Gasteiger partial charge in [-0.2, -0.15) is 3.89 Å². The van der Waals surface area contributed by atoms with Gasteiger partial charge in [0.15, 0.2) is 0 Å². The van der Waals surface area contributed by atoms with E-state index >= 15 is 0 Å². The average Bonchev–Trinajstić information content (AvgIpc) is 1.59. The maximum absolute atomic E-state index is 12.5. The van der Waals surface area contributed by atoms with Crippen LogP contribution in [0.1, 0.15) is 6.42 Å². The summed E-state index contributed by atoms with van der Waals surface area (Å²) in [5.41, 5.74) is 0. The molecule has 1 nitrogen and oxygen atoms in total. The smallest absolute Gasteiger partial charge is 0.0439 e. The molecular weight excluding hydrogens is 127 g/mol. The zero-order valence-electron chi connectivity index (χ0n) is 5.35. The molecule has 0 saturated heterocycles. The molecule has 0 aliphatic heterocycles. The van der Waals surface area contributed by atoms with Crippen molar-refractivity contribution in [2.45, 2.75) is 6.42 Å². The molecule has 0 aliphatic rings. The first-order chi connectivity index (χ1) is 3.56. The largest absolute Gasteiger partial charge is 0.396 e.